The number of phenols is 2. The summed E-state index contributed by atoms with van der Waals surface area (Å²) in [6, 6.07) is 7.64. The van der Waals surface area contributed by atoms with E-state index in [2.05, 4.69) is 36.3 Å². The van der Waals surface area contributed by atoms with Crippen molar-refractivity contribution in [3.8, 4) is 11.5 Å². The van der Waals surface area contributed by atoms with Gasteiger partial charge in [0.2, 0.25) is 0 Å². The van der Waals surface area contributed by atoms with Crippen molar-refractivity contribution < 1.29 is 18.6 Å². The maximum absolute atomic E-state index is 12.1. The van der Waals surface area contributed by atoms with E-state index in [4.69, 9.17) is 0 Å². The maximum Gasteiger partial charge on any atom is 0.282 e. The maximum atomic E-state index is 12.1. The van der Waals surface area contributed by atoms with Crippen molar-refractivity contribution in [3.05, 3.63) is 50.4 Å². The monoisotopic (exact) mass is 447 g/mol. The summed E-state index contributed by atoms with van der Waals surface area (Å²) in [5, 5.41) is 19.5. The van der Waals surface area contributed by atoms with E-state index in [1.165, 1.54) is 18.2 Å². The van der Waals surface area contributed by atoms with E-state index in [0.29, 0.717) is 4.47 Å². The number of aryl methyl sites for hydroxylation is 1. The van der Waals surface area contributed by atoms with Crippen molar-refractivity contribution in [2.24, 2.45) is 4.40 Å². The first kappa shape index (κ1) is 17.0. The van der Waals surface area contributed by atoms with Gasteiger partial charge in [0.15, 0.2) is 0 Å². The number of benzene rings is 2. The first-order chi connectivity index (χ1) is 10.2. The summed E-state index contributed by atoms with van der Waals surface area (Å²) < 4.78 is 28.1. The average Bonchev–Trinajstić information content (AvgIpc) is 2.48. The molecule has 2 N–H and O–H groups in total. The first-order valence-corrected chi connectivity index (χ1v) is 9.02. The molecule has 0 bridgehead atoms. The van der Waals surface area contributed by atoms with Crippen LogP contribution >= 0.6 is 31.9 Å². The summed E-state index contributed by atoms with van der Waals surface area (Å²) in [6.45, 7) is 1.85. The Morgan fingerprint density at radius 1 is 1.09 bits per heavy atom. The van der Waals surface area contributed by atoms with Crippen molar-refractivity contribution >= 4 is 48.1 Å². The van der Waals surface area contributed by atoms with Crippen LogP contribution in [-0.4, -0.2) is 24.8 Å². The molecular weight excluding hydrogens is 438 g/mol. The molecule has 2 rings (SSSR count). The fourth-order valence-corrected chi connectivity index (χ4v) is 3.62. The molecule has 22 heavy (non-hydrogen) atoms. The van der Waals surface area contributed by atoms with Crippen LogP contribution in [0.3, 0.4) is 0 Å². The summed E-state index contributed by atoms with van der Waals surface area (Å²) in [4.78, 5) is 0.0609. The van der Waals surface area contributed by atoms with Gasteiger partial charge in [0.05, 0.1) is 15.6 Å². The van der Waals surface area contributed by atoms with Gasteiger partial charge in [-0.25, -0.2) is 0 Å². The van der Waals surface area contributed by atoms with E-state index >= 15 is 0 Å². The van der Waals surface area contributed by atoms with Crippen molar-refractivity contribution in [2.75, 3.05) is 0 Å². The third-order valence-electron chi connectivity index (χ3n) is 2.85. The van der Waals surface area contributed by atoms with Gasteiger partial charge in [-0.05, 0) is 57.0 Å². The van der Waals surface area contributed by atoms with Crippen LogP contribution in [0.4, 0.5) is 0 Å². The van der Waals surface area contributed by atoms with Crippen LogP contribution in [0.1, 0.15) is 11.1 Å². The highest BCUT2D eigenvalue weighted by atomic mass is 79.9. The second-order valence-electron chi connectivity index (χ2n) is 4.48. The lowest BCUT2D eigenvalue weighted by Crippen LogP contribution is -1.98. The Kier molecular flexibility index (Phi) is 4.93. The minimum atomic E-state index is -3.86. The summed E-state index contributed by atoms with van der Waals surface area (Å²) in [5.41, 5.74) is 1.08. The molecule has 0 fully saturated rings. The van der Waals surface area contributed by atoms with Gasteiger partial charge < -0.3 is 10.2 Å². The second-order valence-corrected chi connectivity index (χ2v) is 7.76. The molecular formula is C14H11Br2NO4S. The molecule has 2 aromatic carbocycles. The van der Waals surface area contributed by atoms with Crippen LogP contribution in [0, 0.1) is 6.92 Å². The predicted octanol–water partition coefficient (Wildman–Crippen LogP) is 3.74. The third kappa shape index (κ3) is 3.50. The molecule has 0 saturated carbocycles. The van der Waals surface area contributed by atoms with E-state index in [1.807, 2.05) is 6.92 Å². The topological polar surface area (TPSA) is 87.0 Å². The Labute approximate surface area is 144 Å². The van der Waals surface area contributed by atoms with Crippen LogP contribution in [0.2, 0.25) is 0 Å². The second kappa shape index (κ2) is 6.39. The van der Waals surface area contributed by atoms with Crippen LogP contribution in [0.25, 0.3) is 0 Å². The van der Waals surface area contributed by atoms with Crippen LogP contribution in [0.5, 0.6) is 11.5 Å². The highest BCUT2D eigenvalue weighted by Crippen LogP contribution is 2.40. The highest BCUT2D eigenvalue weighted by molar-refractivity contribution is 9.11. The van der Waals surface area contributed by atoms with E-state index in [9.17, 15) is 18.6 Å². The summed E-state index contributed by atoms with van der Waals surface area (Å²) in [6.07, 6.45) is 1.03. The van der Waals surface area contributed by atoms with Crippen LogP contribution < -0.4 is 0 Å². The Balaban J connectivity index is 2.42. The lowest BCUT2D eigenvalue weighted by atomic mass is 10.2. The van der Waals surface area contributed by atoms with Crippen LogP contribution in [0.15, 0.2) is 48.6 Å². The SMILES string of the molecule is Cc1ccc(S(=O)(=O)/N=C\c2cc(Br)c(O)c(Br)c2O)cc1. The van der Waals surface area contributed by atoms with Gasteiger partial charge in [0.1, 0.15) is 16.0 Å². The molecule has 0 unspecified atom stereocenters. The first-order valence-electron chi connectivity index (χ1n) is 5.99. The van der Waals surface area contributed by atoms with E-state index < -0.39 is 10.0 Å². The van der Waals surface area contributed by atoms with Crippen molar-refractivity contribution in [3.63, 3.8) is 0 Å². The molecule has 0 amide bonds. The number of hydrogen-bond donors (Lipinski definition) is 2. The molecule has 0 saturated heterocycles. The fraction of sp³-hybridized carbons (Fsp3) is 0.0714. The zero-order valence-electron chi connectivity index (χ0n) is 11.3. The van der Waals surface area contributed by atoms with Gasteiger partial charge in [-0.1, -0.05) is 17.7 Å². The minimum Gasteiger partial charge on any atom is -0.506 e. The molecule has 116 valence electrons. The van der Waals surface area contributed by atoms with E-state index in [-0.39, 0.29) is 26.4 Å². The Hall–Kier alpha value is -1.38. The average molecular weight is 449 g/mol. The summed E-state index contributed by atoms with van der Waals surface area (Å²) in [5.74, 6) is -0.486. The standard InChI is InChI=1S/C14H11Br2NO4S/c1-8-2-4-10(5-3-8)22(20,21)17-7-9-6-11(15)14(19)12(16)13(9)18/h2-7,18-19H,1H3/b17-7-. The number of aromatic hydroxyl groups is 2. The zero-order chi connectivity index (χ0) is 16.5. The van der Waals surface area contributed by atoms with Crippen molar-refractivity contribution in [1.29, 1.82) is 0 Å². The molecule has 0 aliphatic heterocycles. The van der Waals surface area contributed by atoms with E-state index in [0.717, 1.165) is 11.8 Å². The smallest absolute Gasteiger partial charge is 0.282 e. The Morgan fingerprint density at radius 3 is 2.27 bits per heavy atom. The minimum absolute atomic E-state index is 0.0519. The van der Waals surface area contributed by atoms with Crippen molar-refractivity contribution in [2.45, 2.75) is 11.8 Å². The molecule has 0 aromatic heterocycles. The number of rotatable bonds is 3. The molecule has 0 heterocycles. The lowest BCUT2D eigenvalue weighted by Gasteiger charge is -2.06. The zero-order valence-corrected chi connectivity index (χ0v) is 15.3. The predicted molar refractivity (Wildman–Crippen MR) is 91.1 cm³/mol. The van der Waals surface area contributed by atoms with Gasteiger partial charge in [0.25, 0.3) is 10.0 Å². The molecule has 0 aliphatic carbocycles. The number of halogens is 2. The van der Waals surface area contributed by atoms with Crippen molar-refractivity contribution in [1.82, 2.24) is 0 Å². The number of phenolic OH excluding ortho intramolecular Hbond substituents is 2. The Bertz CT molecular complexity index is 846. The normalized spacial score (nSPS) is 12.0. The molecule has 0 spiro atoms. The molecule has 2 aromatic rings. The van der Waals surface area contributed by atoms with E-state index in [1.54, 1.807) is 12.1 Å². The van der Waals surface area contributed by atoms with Gasteiger partial charge in [-0.15, -0.1) is 0 Å². The molecule has 5 nitrogen and oxygen atoms in total. The number of sulfonamides is 1. The third-order valence-corrected chi connectivity index (χ3v) is 5.45. The summed E-state index contributed by atoms with van der Waals surface area (Å²) in [7, 11) is -3.86. The van der Waals surface area contributed by atoms with Gasteiger partial charge in [0, 0.05) is 5.56 Å². The number of nitrogens with zero attached hydrogens (tertiary/aromatic N) is 1. The van der Waals surface area contributed by atoms with Gasteiger partial charge in [-0.3, -0.25) is 0 Å². The highest BCUT2D eigenvalue weighted by Gasteiger charge is 2.15. The summed E-state index contributed by atoms with van der Waals surface area (Å²) >= 11 is 6.12. The number of hydrogen-bond acceptors (Lipinski definition) is 4. The van der Waals surface area contributed by atoms with Gasteiger partial charge >= 0.3 is 0 Å². The largest absolute Gasteiger partial charge is 0.506 e. The molecule has 8 heteroatoms. The molecule has 0 radical (unpaired) electrons. The molecule has 0 aliphatic rings. The van der Waals surface area contributed by atoms with Gasteiger partial charge in [-0.2, -0.15) is 12.8 Å². The van der Waals surface area contributed by atoms with Crippen LogP contribution in [-0.2, 0) is 10.0 Å². The Morgan fingerprint density at radius 2 is 1.68 bits per heavy atom. The quantitative estimate of drug-likeness (QED) is 0.700. The lowest BCUT2D eigenvalue weighted by molar-refractivity contribution is 0.442. The fourth-order valence-electron chi connectivity index (χ4n) is 1.61. The molecule has 0 atom stereocenters.